The third-order valence-corrected chi connectivity index (χ3v) is 16.7. The number of esters is 8. The molecule has 3 amide bonds. The predicted molar refractivity (Wildman–Crippen MR) is 410 cm³/mol. The Hall–Kier alpha value is -11.7. The highest BCUT2D eigenvalue weighted by molar-refractivity contribution is 6.17. The smallest absolute Gasteiger partial charge is 0.421 e. The van der Waals surface area contributed by atoms with Crippen molar-refractivity contribution < 1.29 is 134 Å². The first kappa shape index (κ1) is 98.5. The second kappa shape index (κ2) is 47.8. The zero-order valence-electron chi connectivity index (χ0n) is 67.0. The average molecular weight is 1670 g/mol. The monoisotopic (exact) mass is 1670 g/mol. The summed E-state index contributed by atoms with van der Waals surface area (Å²) in [5.41, 5.74) is -0.405. The molecule has 0 saturated carbocycles. The lowest BCUT2D eigenvalue weighted by Crippen LogP contribution is -2.39. The zero-order valence-corrected chi connectivity index (χ0v) is 68.6. The van der Waals surface area contributed by atoms with E-state index in [-0.39, 0.29) is 166 Å². The van der Waals surface area contributed by atoms with Gasteiger partial charge in [-0.15, -0.1) is 12.4 Å². The number of hydrogen-bond acceptors (Lipinski definition) is 32. The van der Waals surface area contributed by atoms with Gasteiger partial charge in [0.25, 0.3) is 17.1 Å². The number of benzene rings is 3. The van der Waals surface area contributed by atoms with Gasteiger partial charge in [0.1, 0.15) is 19.8 Å². The number of likely N-dealkylation sites (N-methyl/N-ethyl adjacent to an activating group) is 1. The quantitative estimate of drug-likeness (QED) is 0.0113. The van der Waals surface area contributed by atoms with Gasteiger partial charge in [-0.3, -0.25) is 54.6 Å². The van der Waals surface area contributed by atoms with Crippen molar-refractivity contribution in [3.05, 3.63) is 187 Å². The fraction of sp³-hybridized carbons (Fsp3) is 0.461. The number of nitrogens with zero attached hydrogens (tertiary/aromatic N) is 6. The summed E-state index contributed by atoms with van der Waals surface area (Å²) in [7, 11) is 5.80. The number of allylic oxidation sites excluding steroid dienone is 6. The first-order valence-electron chi connectivity index (χ1n) is 35.4. The minimum atomic E-state index is -1.20. The van der Waals surface area contributed by atoms with Gasteiger partial charge >= 0.3 is 66.0 Å². The Morgan fingerprint density at radius 1 is 0.414 bits per heavy atom. The maximum Gasteiger partial charge on any atom is 0.421 e. The lowest BCUT2D eigenvalue weighted by atomic mass is 9.79. The van der Waals surface area contributed by atoms with Crippen LogP contribution in [0.2, 0.25) is 0 Å². The van der Waals surface area contributed by atoms with E-state index < -0.39 is 137 Å². The van der Waals surface area contributed by atoms with Gasteiger partial charge in [-0.25, -0.2) is 43.2 Å². The minimum Gasteiger partial charge on any atom is -0.460 e. The summed E-state index contributed by atoms with van der Waals surface area (Å²) in [5, 5.41) is 37.1. The maximum absolute atomic E-state index is 13.4. The number of ether oxygens (including phenoxy) is 14. The number of methoxy groups -OCH3 is 3. The molecule has 3 atom stereocenters. The van der Waals surface area contributed by atoms with Crippen LogP contribution in [0.4, 0.5) is 31.4 Å². The zero-order chi connectivity index (χ0) is 86.2. The number of rotatable bonds is 33. The molecule has 3 aliphatic heterocycles. The van der Waals surface area contributed by atoms with Crippen LogP contribution in [-0.2, 0) is 105 Å². The molecule has 634 valence electrons. The SMILES string of the molecule is CCCC(=O)OCOC(=O)N1C(C)=C(C(=O)OCCOC)C(c2cccc([N+](=O)[O-])c2)C(C(=O)OC(C)C)=C1C.CNCC(=O)OCOC(=O)N1C(C)=C(C(=O)OCCOC)C(c2cccc([N+](=O)[O-])c2)C(C(=O)OC(C)C)=C1C.COCCOC(=O)C1=C(C)N(C(=O)OCCl)C(C)=C(C(=O)OC(C)C)C1c1cccc([N+](=O)[O-])c1.Cl. The van der Waals surface area contributed by atoms with Crippen LogP contribution < -0.4 is 5.32 Å². The number of nitro groups is 3. The summed E-state index contributed by atoms with van der Waals surface area (Å²) in [5.74, 6) is -9.92. The highest BCUT2D eigenvalue weighted by Gasteiger charge is 2.47. The Morgan fingerprint density at radius 3 is 0.922 bits per heavy atom. The molecule has 1 N–H and O–H groups in total. The molecule has 3 aromatic rings. The molecule has 40 heteroatoms. The first-order chi connectivity index (χ1) is 54.4. The first-order valence-corrected chi connectivity index (χ1v) is 36.0. The van der Waals surface area contributed by atoms with E-state index in [4.69, 9.17) is 77.9 Å². The van der Waals surface area contributed by atoms with Crippen LogP contribution in [0, 0.1) is 30.3 Å². The molecule has 3 unspecified atom stereocenters. The Kier molecular flexibility index (Phi) is 40.6. The number of carbonyl (C=O) groups is 11. The van der Waals surface area contributed by atoms with Gasteiger partial charge in [-0.2, -0.15) is 0 Å². The summed E-state index contributed by atoms with van der Waals surface area (Å²) in [4.78, 5) is 178. The van der Waals surface area contributed by atoms with Crippen LogP contribution in [0.3, 0.4) is 0 Å². The molecule has 116 heavy (non-hydrogen) atoms. The molecule has 0 fully saturated rings. The van der Waals surface area contributed by atoms with Crippen LogP contribution in [0.5, 0.6) is 0 Å². The number of amides is 3. The van der Waals surface area contributed by atoms with Gasteiger partial charge in [-0.05, 0) is 113 Å². The van der Waals surface area contributed by atoms with Crippen molar-refractivity contribution in [1.29, 1.82) is 0 Å². The molecule has 0 radical (unpaired) electrons. The number of nitrogens with one attached hydrogen (secondary N) is 1. The fourth-order valence-electron chi connectivity index (χ4n) is 11.8. The van der Waals surface area contributed by atoms with Crippen LogP contribution >= 0.6 is 24.0 Å². The van der Waals surface area contributed by atoms with Crippen LogP contribution in [-0.4, -0.2) is 208 Å². The van der Waals surface area contributed by atoms with Gasteiger partial charge < -0.3 is 71.6 Å². The number of alkyl halides is 1. The molecular formula is C76H95Cl2N7O31. The van der Waals surface area contributed by atoms with Gasteiger partial charge in [0.2, 0.25) is 13.6 Å². The minimum absolute atomic E-state index is 0. The largest absolute Gasteiger partial charge is 0.460 e. The lowest BCUT2D eigenvalue weighted by Gasteiger charge is -2.36. The number of hydrogen-bond donors (Lipinski definition) is 1. The number of halogens is 2. The standard InChI is InChI=1S/C27H34N2O11.C26H33N3O11.C23H27ClN2O9.ClH/c1-7-9-21(30)38-15-39-27(33)28-17(4)22(25(31)37-13-12-36-6)24(19-10-8-11-20(14-19)29(34)35)23(18(28)5)26(32)40-16(2)3;1-15(2)40-25(32)22-17(4)28(26(33)39-14-38-20(30)13-27-5)16(3)21(24(31)37-11-10-36-6)23(22)18-8-7-9-19(12-18)29(34)35;1-13(2)35-22(28)19-15(4)25(23(29)34-12-24)14(3)18(21(27)33-10-9-32-5)20(19)16-7-6-8-17(11-16)26(30)31;/h8,10-11,14,16,24H,7,9,12-13,15H2,1-6H3;7-9,12,15,23,27H,10-11,13-14H2,1-6H3;6-8,11,13,20H,9-10,12H2,1-5H3;1H. The molecule has 0 bridgehead atoms. The topological polar surface area (TPSA) is 468 Å². The van der Waals surface area contributed by atoms with Crippen LogP contribution in [0.25, 0.3) is 0 Å². The van der Waals surface area contributed by atoms with E-state index in [0.717, 1.165) is 14.7 Å². The van der Waals surface area contributed by atoms with E-state index >= 15 is 0 Å². The lowest BCUT2D eigenvalue weighted by molar-refractivity contribution is -0.385. The third kappa shape index (κ3) is 26.7. The molecule has 6 rings (SSSR count). The summed E-state index contributed by atoms with van der Waals surface area (Å²) in [6.45, 7) is 18.6. The molecule has 0 aliphatic carbocycles. The molecule has 38 nitrogen and oxygen atoms in total. The van der Waals surface area contributed by atoms with Crippen LogP contribution in [0.1, 0.15) is 137 Å². The highest BCUT2D eigenvalue weighted by atomic mass is 35.5. The van der Waals surface area contributed by atoms with Gasteiger partial charge in [0, 0.05) is 98.3 Å². The summed E-state index contributed by atoms with van der Waals surface area (Å²) >= 11 is 5.57. The van der Waals surface area contributed by atoms with E-state index in [1.165, 1.54) is 143 Å². The van der Waals surface area contributed by atoms with Gasteiger partial charge in [0.15, 0.2) is 6.07 Å². The number of non-ortho nitro benzene ring substituents is 3. The molecule has 0 spiro atoms. The highest BCUT2D eigenvalue weighted by Crippen LogP contribution is 2.48. The van der Waals surface area contributed by atoms with Crippen molar-refractivity contribution in [3.8, 4) is 0 Å². The van der Waals surface area contributed by atoms with E-state index in [9.17, 15) is 83.1 Å². The summed E-state index contributed by atoms with van der Waals surface area (Å²) in [6, 6.07) is 15.9. The summed E-state index contributed by atoms with van der Waals surface area (Å²) in [6.07, 6.45) is -4.01. The van der Waals surface area contributed by atoms with Gasteiger partial charge in [0.05, 0.1) is 111 Å². The molecule has 3 aromatic carbocycles. The van der Waals surface area contributed by atoms with E-state index in [2.05, 4.69) is 5.32 Å². The van der Waals surface area contributed by atoms with E-state index in [1.807, 2.05) is 0 Å². The van der Waals surface area contributed by atoms with E-state index in [1.54, 1.807) is 48.5 Å². The van der Waals surface area contributed by atoms with Crippen molar-refractivity contribution in [2.24, 2.45) is 0 Å². The Balaban J connectivity index is 0.000000449. The van der Waals surface area contributed by atoms with Crippen molar-refractivity contribution in [3.63, 3.8) is 0 Å². The van der Waals surface area contributed by atoms with Crippen molar-refractivity contribution in [1.82, 2.24) is 20.0 Å². The molecule has 3 aliphatic rings. The Morgan fingerprint density at radius 2 is 0.681 bits per heavy atom. The fourth-order valence-corrected chi connectivity index (χ4v) is 11.8. The van der Waals surface area contributed by atoms with Crippen molar-refractivity contribution >= 4 is 107 Å². The second-order valence-corrected chi connectivity index (χ2v) is 25.7. The molecule has 0 aromatic heterocycles. The van der Waals surface area contributed by atoms with Crippen molar-refractivity contribution in [2.75, 3.05) is 94.2 Å². The Bertz CT molecular complexity index is 4150. The van der Waals surface area contributed by atoms with E-state index in [0.29, 0.717) is 6.42 Å². The molecular weight excluding hydrogens is 1580 g/mol. The average Bonchev–Trinajstić information content (AvgIpc) is 0.756. The maximum atomic E-state index is 13.4. The predicted octanol–water partition coefficient (Wildman–Crippen LogP) is 11.1. The molecule has 0 saturated heterocycles. The number of nitro benzene ring substituents is 3. The number of carbonyl (C=O) groups excluding carboxylic acids is 11. The van der Waals surface area contributed by atoms with Crippen molar-refractivity contribution in [2.45, 2.75) is 139 Å². The molecule has 3 heterocycles. The van der Waals surface area contributed by atoms with Crippen LogP contribution in [0.15, 0.2) is 140 Å². The normalized spacial score (nSPS) is 15.2. The Labute approximate surface area is 678 Å². The second-order valence-electron chi connectivity index (χ2n) is 25.5. The van der Waals surface area contributed by atoms with Gasteiger partial charge in [-0.1, -0.05) is 54.9 Å². The summed E-state index contributed by atoms with van der Waals surface area (Å²) < 4.78 is 72.0. The third-order valence-electron chi connectivity index (χ3n) is 16.5.